The highest BCUT2D eigenvalue weighted by atomic mass is 79.9. The number of rotatable bonds is 7. The summed E-state index contributed by atoms with van der Waals surface area (Å²) < 4.78 is 9.29. The van der Waals surface area contributed by atoms with Crippen molar-refractivity contribution in [2.24, 2.45) is 18.4 Å². The Hall–Kier alpha value is -2.54. The minimum Gasteiger partial charge on any atom is -0.490 e. The molecule has 0 aliphatic heterocycles. The fourth-order valence-electron chi connectivity index (χ4n) is 6.30. The minimum absolute atomic E-state index is 0.287. The number of hydrogen-bond acceptors (Lipinski definition) is 4. The summed E-state index contributed by atoms with van der Waals surface area (Å²) in [5.74, 6) is 1.66. The van der Waals surface area contributed by atoms with E-state index in [1.54, 1.807) is 12.1 Å². The standard InChI is InChI=1S/C31H40BrN3O3/c1-31(2,3)22-11-13-23(14-12-22)35(19-21-10-9-20(29(36)37)17-26(21)32)30-33-27-18-25(15-16-28(27)34(30)4)38-24-7-5-6-8-24/h9-10,15-18,22-24H,5-8,11-14,19H2,1-4H3,(H,36,37). The highest BCUT2D eigenvalue weighted by Crippen LogP contribution is 2.41. The molecule has 2 aromatic carbocycles. The van der Waals surface area contributed by atoms with E-state index in [1.807, 2.05) is 6.07 Å². The number of anilines is 1. The molecule has 2 fully saturated rings. The second-order valence-corrected chi connectivity index (χ2v) is 13.1. The lowest BCUT2D eigenvalue weighted by molar-refractivity contribution is 0.0696. The molecule has 7 heteroatoms. The highest BCUT2D eigenvalue weighted by Gasteiger charge is 2.34. The molecule has 1 N–H and O–H groups in total. The Bertz CT molecular complexity index is 1300. The number of halogens is 1. The van der Waals surface area contributed by atoms with Crippen molar-refractivity contribution in [2.45, 2.75) is 90.8 Å². The van der Waals surface area contributed by atoms with Crippen LogP contribution in [-0.4, -0.2) is 32.8 Å². The Labute approximate surface area is 234 Å². The molecule has 0 radical (unpaired) electrons. The van der Waals surface area contributed by atoms with E-state index in [1.165, 1.54) is 25.7 Å². The summed E-state index contributed by atoms with van der Waals surface area (Å²) in [5.41, 5.74) is 3.71. The summed E-state index contributed by atoms with van der Waals surface area (Å²) in [6.07, 6.45) is 9.71. The normalized spacial score (nSPS) is 20.7. The molecule has 2 saturated carbocycles. The van der Waals surface area contributed by atoms with Gasteiger partial charge in [0.15, 0.2) is 0 Å². The van der Waals surface area contributed by atoms with E-state index in [9.17, 15) is 9.90 Å². The summed E-state index contributed by atoms with van der Waals surface area (Å²) in [6.45, 7) is 7.72. The van der Waals surface area contributed by atoms with Crippen LogP contribution >= 0.6 is 15.9 Å². The lowest BCUT2D eigenvalue weighted by Gasteiger charge is -2.41. The molecule has 1 aromatic heterocycles. The monoisotopic (exact) mass is 581 g/mol. The molecule has 0 amide bonds. The number of carboxylic acids is 1. The van der Waals surface area contributed by atoms with Crippen LogP contribution in [0.5, 0.6) is 5.75 Å². The average Bonchev–Trinajstić information content (AvgIpc) is 3.50. The third-order valence-electron chi connectivity index (χ3n) is 8.69. The average molecular weight is 583 g/mol. The quantitative estimate of drug-likeness (QED) is 0.306. The van der Waals surface area contributed by atoms with Crippen LogP contribution < -0.4 is 9.64 Å². The van der Waals surface area contributed by atoms with Crippen molar-refractivity contribution in [3.05, 3.63) is 52.0 Å². The molecule has 0 unspecified atom stereocenters. The third kappa shape index (κ3) is 5.73. The van der Waals surface area contributed by atoms with E-state index >= 15 is 0 Å². The van der Waals surface area contributed by atoms with Crippen LogP contribution in [0.1, 0.15) is 88.1 Å². The first-order valence-electron chi connectivity index (χ1n) is 14.0. The van der Waals surface area contributed by atoms with Crippen molar-refractivity contribution in [1.82, 2.24) is 9.55 Å². The molecular formula is C31H40BrN3O3. The third-order valence-corrected chi connectivity index (χ3v) is 9.43. The van der Waals surface area contributed by atoms with Gasteiger partial charge in [0.2, 0.25) is 5.95 Å². The molecule has 5 rings (SSSR count). The summed E-state index contributed by atoms with van der Waals surface area (Å²) in [6, 6.07) is 12.0. The number of hydrogen-bond donors (Lipinski definition) is 1. The van der Waals surface area contributed by atoms with Gasteiger partial charge in [0, 0.05) is 30.2 Å². The number of imidazole rings is 1. The van der Waals surface area contributed by atoms with E-state index in [0.29, 0.717) is 24.1 Å². The van der Waals surface area contributed by atoms with E-state index in [4.69, 9.17) is 9.72 Å². The van der Waals surface area contributed by atoms with Crippen molar-refractivity contribution in [2.75, 3.05) is 4.90 Å². The van der Waals surface area contributed by atoms with Gasteiger partial charge in [0.1, 0.15) is 5.75 Å². The van der Waals surface area contributed by atoms with Crippen molar-refractivity contribution < 1.29 is 14.6 Å². The molecule has 6 nitrogen and oxygen atoms in total. The molecule has 0 atom stereocenters. The zero-order valence-electron chi connectivity index (χ0n) is 23.0. The van der Waals surface area contributed by atoms with Crippen LogP contribution in [-0.2, 0) is 13.6 Å². The highest BCUT2D eigenvalue weighted by molar-refractivity contribution is 9.10. The number of benzene rings is 2. The predicted octanol–water partition coefficient (Wildman–Crippen LogP) is 7.97. The van der Waals surface area contributed by atoms with Gasteiger partial charge < -0.3 is 19.3 Å². The van der Waals surface area contributed by atoms with Crippen LogP contribution in [0.4, 0.5) is 5.95 Å². The Morgan fingerprint density at radius 1 is 1.08 bits per heavy atom. The second kappa shape index (κ2) is 10.9. The van der Waals surface area contributed by atoms with Gasteiger partial charge >= 0.3 is 5.97 Å². The van der Waals surface area contributed by atoms with Gasteiger partial charge in [-0.2, -0.15) is 0 Å². The molecule has 0 saturated heterocycles. The molecule has 1 heterocycles. The zero-order valence-corrected chi connectivity index (χ0v) is 24.6. The predicted molar refractivity (Wildman–Crippen MR) is 156 cm³/mol. The Balaban J connectivity index is 1.47. The summed E-state index contributed by atoms with van der Waals surface area (Å²) in [4.78, 5) is 19.1. The van der Waals surface area contributed by atoms with Crippen molar-refractivity contribution in [3.8, 4) is 5.75 Å². The van der Waals surface area contributed by atoms with Gasteiger partial charge in [-0.15, -0.1) is 0 Å². The lowest BCUT2D eigenvalue weighted by Crippen LogP contribution is -2.41. The van der Waals surface area contributed by atoms with Gasteiger partial charge in [-0.25, -0.2) is 9.78 Å². The topological polar surface area (TPSA) is 67.6 Å². The number of aromatic nitrogens is 2. The maximum atomic E-state index is 11.5. The minimum atomic E-state index is -0.916. The van der Waals surface area contributed by atoms with Crippen LogP contribution in [0, 0.1) is 11.3 Å². The second-order valence-electron chi connectivity index (χ2n) is 12.3. The van der Waals surface area contributed by atoms with Crippen molar-refractivity contribution >= 4 is 38.9 Å². The number of ether oxygens (including phenoxy) is 1. The molecule has 0 bridgehead atoms. The van der Waals surface area contributed by atoms with Gasteiger partial charge in [0.25, 0.3) is 0 Å². The fraction of sp³-hybridized carbons (Fsp3) is 0.548. The van der Waals surface area contributed by atoms with Crippen LogP contribution in [0.15, 0.2) is 40.9 Å². The molecular weight excluding hydrogens is 542 g/mol. The largest absolute Gasteiger partial charge is 0.490 e. The van der Waals surface area contributed by atoms with Crippen LogP contribution in [0.25, 0.3) is 11.0 Å². The molecule has 0 spiro atoms. The number of aryl methyl sites for hydroxylation is 1. The lowest BCUT2D eigenvalue weighted by atomic mass is 9.71. The summed E-state index contributed by atoms with van der Waals surface area (Å²) in [5, 5.41) is 9.43. The van der Waals surface area contributed by atoms with Crippen LogP contribution in [0.2, 0.25) is 0 Å². The molecule has 2 aliphatic carbocycles. The maximum absolute atomic E-state index is 11.5. The summed E-state index contributed by atoms with van der Waals surface area (Å²) >= 11 is 3.65. The zero-order chi connectivity index (χ0) is 27.0. The van der Waals surface area contributed by atoms with E-state index in [-0.39, 0.29) is 5.56 Å². The smallest absolute Gasteiger partial charge is 0.335 e. The molecule has 38 heavy (non-hydrogen) atoms. The number of carboxylic acid groups (broad SMARTS) is 1. The molecule has 3 aromatic rings. The van der Waals surface area contributed by atoms with Crippen molar-refractivity contribution in [1.29, 1.82) is 0 Å². The number of fused-ring (bicyclic) bond motifs is 1. The van der Waals surface area contributed by atoms with Gasteiger partial charge in [-0.3, -0.25) is 0 Å². The Morgan fingerprint density at radius 2 is 1.79 bits per heavy atom. The van der Waals surface area contributed by atoms with Gasteiger partial charge in [-0.1, -0.05) is 42.8 Å². The Morgan fingerprint density at radius 3 is 2.42 bits per heavy atom. The van der Waals surface area contributed by atoms with E-state index in [0.717, 1.165) is 64.4 Å². The van der Waals surface area contributed by atoms with Gasteiger partial charge in [0.05, 0.1) is 22.7 Å². The number of carbonyl (C=O) groups is 1. The first-order chi connectivity index (χ1) is 18.1. The number of nitrogens with zero attached hydrogens (tertiary/aromatic N) is 3. The van der Waals surface area contributed by atoms with Gasteiger partial charge in [-0.05, 0) is 92.5 Å². The van der Waals surface area contributed by atoms with E-state index < -0.39 is 5.97 Å². The fourth-order valence-corrected chi connectivity index (χ4v) is 6.81. The summed E-state index contributed by atoms with van der Waals surface area (Å²) in [7, 11) is 2.10. The maximum Gasteiger partial charge on any atom is 0.335 e. The molecule has 2 aliphatic rings. The van der Waals surface area contributed by atoms with Crippen molar-refractivity contribution in [3.63, 3.8) is 0 Å². The molecule has 204 valence electrons. The first kappa shape index (κ1) is 27.0. The SMILES string of the molecule is Cn1c(N(Cc2ccc(C(=O)O)cc2Br)C2CCC(C(C)(C)C)CC2)nc2cc(OC3CCCC3)ccc21. The van der Waals surface area contributed by atoms with Crippen LogP contribution in [0.3, 0.4) is 0 Å². The van der Waals surface area contributed by atoms with E-state index in [2.05, 4.69) is 71.4 Å². The number of aromatic carboxylic acids is 1. The first-order valence-corrected chi connectivity index (χ1v) is 14.8. The Kier molecular flexibility index (Phi) is 7.77.